The zero-order chi connectivity index (χ0) is 14.3. The summed E-state index contributed by atoms with van der Waals surface area (Å²) in [5.41, 5.74) is 1.93. The lowest BCUT2D eigenvalue weighted by atomic mass is 10.0. The van der Waals surface area contributed by atoms with Crippen LogP contribution in [-0.2, 0) is 10.0 Å². The highest BCUT2D eigenvalue weighted by Crippen LogP contribution is 2.34. The van der Waals surface area contributed by atoms with E-state index < -0.39 is 10.0 Å². The number of anilines is 1. The lowest BCUT2D eigenvalue weighted by molar-refractivity contribution is 0.291. The molecule has 0 aromatic carbocycles. The molecular weight excluding hydrogens is 288 g/mol. The van der Waals surface area contributed by atoms with E-state index in [1.54, 1.807) is 0 Å². The monoisotopic (exact) mass is 304 g/mol. The van der Waals surface area contributed by atoms with Crippen LogP contribution in [0.5, 0.6) is 0 Å². The molecule has 1 aliphatic rings. The molecule has 0 saturated carbocycles. The first kappa shape index (κ1) is 14.5. The van der Waals surface area contributed by atoms with Gasteiger partial charge in [0, 0.05) is 18.3 Å². The van der Waals surface area contributed by atoms with Crippen LogP contribution in [0.4, 0.5) is 5.82 Å². The van der Waals surface area contributed by atoms with Gasteiger partial charge < -0.3 is 5.43 Å². The van der Waals surface area contributed by atoms with E-state index >= 15 is 0 Å². The predicted octanol–water partition coefficient (Wildman–Crippen LogP) is 1.58. The molecule has 0 amide bonds. The average Bonchev–Trinajstić information content (AvgIpc) is 2.69. The lowest BCUT2D eigenvalue weighted by Gasteiger charge is -2.30. The van der Waals surface area contributed by atoms with Gasteiger partial charge in [0.05, 0.1) is 5.02 Å². The molecule has 0 aliphatic carbocycles. The van der Waals surface area contributed by atoms with Crippen LogP contribution in [0, 0.1) is 0 Å². The molecule has 1 saturated heterocycles. The third-order valence-electron chi connectivity index (χ3n) is 3.37. The Morgan fingerprint density at radius 2 is 2.21 bits per heavy atom. The molecular formula is C11H17ClN4O2S. The maximum atomic E-state index is 12.6. The van der Waals surface area contributed by atoms with Crippen molar-refractivity contribution in [2.75, 3.05) is 12.0 Å². The Kier molecular flexibility index (Phi) is 3.74. The molecule has 1 aromatic rings. The fraction of sp³-hybridized carbons (Fsp3) is 0.545. The second-order valence-corrected chi connectivity index (χ2v) is 7.41. The Morgan fingerprint density at radius 1 is 1.53 bits per heavy atom. The molecule has 1 aromatic heterocycles. The molecule has 0 unspecified atom stereocenters. The van der Waals surface area contributed by atoms with E-state index in [1.807, 2.05) is 13.8 Å². The van der Waals surface area contributed by atoms with Crippen LogP contribution >= 0.6 is 11.6 Å². The largest absolute Gasteiger partial charge is 0.307 e. The Labute approximate surface area is 118 Å². The number of pyridine rings is 1. The van der Waals surface area contributed by atoms with Gasteiger partial charge in [-0.1, -0.05) is 11.6 Å². The molecule has 0 spiro atoms. The molecule has 1 aliphatic heterocycles. The van der Waals surface area contributed by atoms with Gasteiger partial charge in [-0.05, 0) is 32.8 Å². The third-order valence-corrected chi connectivity index (χ3v) is 5.73. The summed E-state index contributed by atoms with van der Waals surface area (Å²) in [6.07, 6.45) is 2.97. The molecule has 6 nitrogen and oxygen atoms in total. The minimum Gasteiger partial charge on any atom is -0.307 e. The number of nitrogen functional groups attached to an aromatic ring is 1. The van der Waals surface area contributed by atoms with Gasteiger partial charge in [-0.2, -0.15) is 4.31 Å². The first-order valence-corrected chi connectivity index (χ1v) is 7.76. The SMILES string of the molecule is CC1(C)CCCN1S(=O)(=O)c1cnc(NN)c(Cl)c1. The molecule has 0 radical (unpaired) electrons. The summed E-state index contributed by atoms with van der Waals surface area (Å²) in [7, 11) is -3.58. The maximum Gasteiger partial charge on any atom is 0.245 e. The van der Waals surface area contributed by atoms with Gasteiger partial charge >= 0.3 is 0 Å². The van der Waals surface area contributed by atoms with Crippen molar-refractivity contribution in [3.8, 4) is 0 Å². The third kappa shape index (κ3) is 2.55. The number of halogens is 1. The highest BCUT2D eigenvalue weighted by Gasteiger charge is 2.41. The summed E-state index contributed by atoms with van der Waals surface area (Å²) in [5, 5.41) is 0.181. The van der Waals surface area contributed by atoms with Crippen LogP contribution in [0.25, 0.3) is 0 Å². The average molecular weight is 305 g/mol. The summed E-state index contributed by atoms with van der Waals surface area (Å²) in [6, 6.07) is 1.37. The number of hydrazine groups is 1. The predicted molar refractivity (Wildman–Crippen MR) is 74.3 cm³/mol. The number of nitrogens with one attached hydrogen (secondary N) is 1. The fourth-order valence-corrected chi connectivity index (χ4v) is 4.43. The summed E-state index contributed by atoms with van der Waals surface area (Å²) in [6.45, 7) is 4.36. The number of hydrogen-bond donors (Lipinski definition) is 2. The summed E-state index contributed by atoms with van der Waals surface area (Å²) < 4.78 is 26.7. The number of nitrogens with two attached hydrogens (primary N) is 1. The Balaban J connectivity index is 2.43. The minimum absolute atomic E-state index is 0.0893. The van der Waals surface area contributed by atoms with Crippen LogP contribution < -0.4 is 11.3 Å². The van der Waals surface area contributed by atoms with E-state index in [-0.39, 0.29) is 21.3 Å². The van der Waals surface area contributed by atoms with Crippen LogP contribution in [-0.4, -0.2) is 29.8 Å². The van der Waals surface area contributed by atoms with Crippen LogP contribution in [0.1, 0.15) is 26.7 Å². The van der Waals surface area contributed by atoms with Gasteiger partial charge in [-0.15, -0.1) is 0 Å². The summed E-state index contributed by atoms with van der Waals surface area (Å²) >= 11 is 5.93. The molecule has 2 rings (SSSR count). The fourth-order valence-electron chi connectivity index (χ4n) is 2.32. The van der Waals surface area contributed by atoms with Gasteiger partial charge in [0.15, 0.2) is 5.82 Å². The molecule has 3 N–H and O–H groups in total. The second-order valence-electron chi connectivity index (χ2n) is 5.14. The maximum absolute atomic E-state index is 12.6. The van der Waals surface area contributed by atoms with E-state index in [0.29, 0.717) is 6.54 Å². The van der Waals surface area contributed by atoms with Crippen molar-refractivity contribution in [2.24, 2.45) is 5.84 Å². The first-order chi connectivity index (χ1) is 8.79. The molecule has 1 fully saturated rings. The van der Waals surface area contributed by atoms with Crippen molar-refractivity contribution in [2.45, 2.75) is 37.1 Å². The highest BCUT2D eigenvalue weighted by atomic mass is 35.5. The van der Waals surface area contributed by atoms with E-state index in [2.05, 4.69) is 10.4 Å². The van der Waals surface area contributed by atoms with Gasteiger partial charge in [-0.3, -0.25) is 0 Å². The summed E-state index contributed by atoms with van der Waals surface area (Å²) in [4.78, 5) is 4.00. The molecule has 2 heterocycles. The molecule has 8 heteroatoms. The summed E-state index contributed by atoms with van der Waals surface area (Å²) in [5.74, 6) is 5.47. The Bertz CT molecular complexity index is 588. The lowest BCUT2D eigenvalue weighted by Crippen LogP contribution is -2.42. The van der Waals surface area contributed by atoms with Crippen molar-refractivity contribution in [3.63, 3.8) is 0 Å². The van der Waals surface area contributed by atoms with Crippen LogP contribution in [0.15, 0.2) is 17.2 Å². The number of hydrogen-bond acceptors (Lipinski definition) is 5. The van der Waals surface area contributed by atoms with E-state index in [0.717, 1.165) is 12.8 Å². The van der Waals surface area contributed by atoms with Crippen molar-refractivity contribution in [1.29, 1.82) is 0 Å². The van der Waals surface area contributed by atoms with Crippen molar-refractivity contribution in [3.05, 3.63) is 17.3 Å². The Hall–Kier alpha value is -0.890. The second kappa shape index (κ2) is 4.90. The number of sulfonamides is 1. The van der Waals surface area contributed by atoms with Gasteiger partial charge in [-0.25, -0.2) is 19.2 Å². The zero-order valence-electron chi connectivity index (χ0n) is 10.9. The topological polar surface area (TPSA) is 88.3 Å². The smallest absolute Gasteiger partial charge is 0.245 e. The highest BCUT2D eigenvalue weighted by molar-refractivity contribution is 7.89. The van der Waals surface area contributed by atoms with E-state index in [1.165, 1.54) is 16.6 Å². The van der Waals surface area contributed by atoms with Crippen molar-refractivity contribution >= 4 is 27.4 Å². The number of nitrogens with zero attached hydrogens (tertiary/aromatic N) is 2. The van der Waals surface area contributed by atoms with E-state index in [9.17, 15) is 8.42 Å². The molecule has 0 atom stereocenters. The van der Waals surface area contributed by atoms with E-state index in [4.69, 9.17) is 17.4 Å². The first-order valence-electron chi connectivity index (χ1n) is 5.94. The number of aromatic nitrogens is 1. The normalized spacial score (nSPS) is 19.6. The van der Waals surface area contributed by atoms with Crippen molar-refractivity contribution in [1.82, 2.24) is 9.29 Å². The number of rotatable bonds is 3. The van der Waals surface area contributed by atoms with Crippen molar-refractivity contribution < 1.29 is 8.42 Å². The van der Waals surface area contributed by atoms with Gasteiger partial charge in [0.25, 0.3) is 0 Å². The standard InChI is InChI=1S/C11H17ClN4O2S/c1-11(2)4-3-5-16(11)19(17,18)8-6-9(12)10(15-13)14-7-8/h6-7H,3-5,13H2,1-2H3,(H,14,15). The molecule has 19 heavy (non-hydrogen) atoms. The minimum atomic E-state index is -3.58. The quantitative estimate of drug-likeness (QED) is 0.654. The zero-order valence-corrected chi connectivity index (χ0v) is 12.4. The molecule has 106 valence electrons. The van der Waals surface area contributed by atoms with Gasteiger partial charge in [0.2, 0.25) is 10.0 Å². The van der Waals surface area contributed by atoms with Crippen LogP contribution in [0.2, 0.25) is 5.02 Å². The van der Waals surface area contributed by atoms with Gasteiger partial charge in [0.1, 0.15) is 4.90 Å². The Morgan fingerprint density at radius 3 is 2.68 bits per heavy atom. The molecule has 0 bridgehead atoms. The van der Waals surface area contributed by atoms with Crippen LogP contribution in [0.3, 0.4) is 0 Å².